The Kier molecular flexibility index (Phi) is 3.69. The normalized spacial score (nSPS) is 15.0. The van der Waals surface area contributed by atoms with Crippen molar-refractivity contribution >= 4 is 17.7 Å². The molecule has 1 aliphatic rings. The molecule has 0 radical (unpaired) electrons. The predicted molar refractivity (Wildman–Crippen MR) is 65.9 cm³/mol. The predicted octanol–water partition coefficient (Wildman–Crippen LogP) is 0.792. The number of carbonyl (C=O) groups excluding carboxylic acids is 1. The summed E-state index contributed by atoms with van der Waals surface area (Å²) in [4.78, 5) is 19.7. The van der Waals surface area contributed by atoms with Crippen LogP contribution in [0.15, 0.2) is 6.07 Å². The number of nitrogens with two attached hydrogens (primary N) is 1. The molecular weight excluding hydrogens is 275 g/mol. The molecule has 0 unspecified atom stereocenters. The summed E-state index contributed by atoms with van der Waals surface area (Å²) >= 11 is 0. The highest BCUT2D eigenvalue weighted by Gasteiger charge is 2.34. The third-order valence-corrected chi connectivity index (χ3v) is 2.73. The van der Waals surface area contributed by atoms with Gasteiger partial charge in [-0.2, -0.15) is 18.2 Å². The molecule has 20 heavy (non-hydrogen) atoms. The molecular formula is C11H14F3N5O. The fraction of sp³-hybridized carbons (Fsp3) is 0.545. The van der Waals surface area contributed by atoms with Gasteiger partial charge in [-0.05, 0) is 12.8 Å². The molecule has 1 fully saturated rings. The second-order valence-corrected chi connectivity index (χ2v) is 4.67. The van der Waals surface area contributed by atoms with Crippen LogP contribution in [0.3, 0.4) is 0 Å². The number of carbonyl (C=O) groups is 1. The zero-order chi connectivity index (χ0) is 14.9. The van der Waals surface area contributed by atoms with E-state index in [9.17, 15) is 18.0 Å². The van der Waals surface area contributed by atoms with E-state index in [4.69, 9.17) is 5.73 Å². The van der Waals surface area contributed by atoms with Gasteiger partial charge < -0.3 is 16.0 Å². The first-order valence-electron chi connectivity index (χ1n) is 5.98. The number of nitrogens with one attached hydrogen (secondary N) is 1. The second-order valence-electron chi connectivity index (χ2n) is 4.67. The van der Waals surface area contributed by atoms with Crippen molar-refractivity contribution in [2.45, 2.75) is 25.1 Å². The molecule has 2 rings (SSSR count). The van der Waals surface area contributed by atoms with Crippen LogP contribution in [-0.2, 0) is 11.0 Å². The number of alkyl halides is 3. The molecule has 1 heterocycles. The van der Waals surface area contributed by atoms with E-state index in [1.165, 1.54) is 11.9 Å². The van der Waals surface area contributed by atoms with E-state index in [-0.39, 0.29) is 24.3 Å². The van der Waals surface area contributed by atoms with Crippen LogP contribution < -0.4 is 16.0 Å². The molecule has 1 aromatic heterocycles. The summed E-state index contributed by atoms with van der Waals surface area (Å²) in [6.45, 7) is -0.0930. The van der Waals surface area contributed by atoms with Crippen molar-refractivity contribution in [3.05, 3.63) is 11.8 Å². The molecule has 0 bridgehead atoms. The van der Waals surface area contributed by atoms with Gasteiger partial charge in [0.25, 0.3) is 0 Å². The van der Waals surface area contributed by atoms with Gasteiger partial charge in [0.15, 0.2) is 5.69 Å². The number of anilines is 2. The van der Waals surface area contributed by atoms with E-state index in [0.717, 1.165) is 18.9 Å². The smallest absolute Gasteiger partial charge is 0.368 e. The van der Waals surface area contributed by atoms with E-state index < -0.39 is 17.8 Å². The minimum absolute atomic E-state index is 0.0456. The Morgan fingerprint density at radius 1 is 1.50 bits per heavy atom. The monoisotopic (exact) mass is 289 g/mol. The molecule has 3 N–H and O–H groups in total. The quantitative estimate of drug-likeness (QED) is 0.856. The van der Waals surface area contributed by atoms with E-state index in [1.54, 1.807) is 0 Å². The lowest BCUT2D eigenvalue weighted by molar-refractivity contribution is -0.141. The lowest BCUT2D eigenvalue weighted by Crippen LogP contribution is -2.36. The van der Waals surface area contributed by atoms with Crippen LogP contribution in [0.2, 0.25) is 0 Å². The molecule has 0 aromatic carbocycles. The molecule has 9 heteroatoms. The number of hydrogen-bond acceptors (Lipinski definition) is 5. The number of nitrogens with zero attached hydrogens (tertiary/aromatic N) is 3. The number of nitrogen functional groups attached to an aromatic ring is 1. The lowest BCUT2D eigenvalue weighted by atomic mass is 10.3. The maximum Gasteiger partial charge on any atom is 0.433 e. The summed E-state index contributed by atoms with van der Waals surface area (Å²) in [5.74, 6) is -0.791. The minimum atomic E-state index is -4.61. The molecule has 1 amide bonds. The number of amides is 1. The Bertz CT molecular complexity index is 515. The van der Waals surface area contributed by atoms with Crippen LogP contribution in [0.5, 0.6) is 0 Å². The second kappa shape index (κ2) is 5.14. The van der Waals surface area contributed by atoms with Crippen LogP contribution in [-0.4, -0.2) is 35.5 Å². The van der Waals surface area contributed by atoms with Crippen LogP contribution in [0.1, 0.15) is 18.5 Å². The first-order valence-corrected chi connectivity index (χ1v) is 5.98. The standard InChI is InChI=1S/C11H14F3N5O/c1-19(5-9(20)16-6-2-3-6)8-4-7(11(12,13)14)17-10(15)18-8/h4,6H,2-3,5H2,1H3,(H,16,20)(H2,15,17,18). The van der Waals surface area contributed by atoms with Gasteiger partial charge in [0.05, 0.1) is 6.54 Å². The van der Waals surface area contributed by atoms with Crippen LogP contribution >= 0.6 is 0 Å². The molecule has 0 atom stereocenters. The van der Waals surface area contributed by atoms with Crippen molar-refractivity contribution in [1.29, 1.82) is 0 Å². The number of likely N-dealkylation sites (N-methyl/N-ethyl adjacent to an activating group) is 1. The van der Waals surface area contributed by atoms with Crippen LogP contribution in [0.4, 0.5) is 24.9 Å². The van der Waals surface area contributed by atoms with Gasteiger partial charge in [0.1, 0.15) is 5.82 Å². The summed E-state index contributed by atoms with van der Waals surface area (Å²) in [7, 11) is 1.47. The topological polar surface area (TPSA) is 84.1 Å². The molecule has 1 aliphatic carbocycles. The molecule has 0 saturated heterocycles. The molecule has 0 spiro atoms. The molecule has 0 aliphatic heterocycles. The summed E-state index contributed by atoms with van der Waals surface area (Å²) in [6.07, 6.45) is -2.73. The highest BCUT2D eigenvalue weighted by Crippen LogP contribution is 2.29. The lowest BCUT2D eigenvalue weighted by Gasteiger charge is -2.19. The largest absolute Gasteiger partial charge is 0.433 e. The van der Waals surface area contributed by atoms with Crippen LogP contribution in [0.25, 0.3) is 0 Å². The summed E-state index contributed by atoms with van der Waals surface area (Å²) < 4.78 is 37.8. The summed E-state index contributed by atoms with van der Waals surface area (Å²) in [6, 6.07) is 0.956. The number of rotatable bonds is 4. The highest BCUT2D eigenvalue weighted by molar-refractivity contribution is 5.81. The Morgan fingerprint density at radius 3 is 2.70 bits per heavy atom. The maximum atomic E-state index is 12.6. The van der Waals surface area contributed by atoms with Crippen molar-refractivity contribution in [2.75, 3.05) is 24.2 Å². The number of hydrogen-bond donors (Lipinski definition) is 2. The first-order chi connectivity index (χ1) is 9.25. The van der Waals surface area contributed by atoms with E-state index >= 15 is 0 Å². The average molecular weight is 289 g/mol. The van der Waals surface area contributed by atoms with Crippen molar-refractivity contribution < 1.29 is 18.0 Å². The number of aromatic nitrogens is 2. The van der Waals surface area contributed by atoms with Gasteiger partial charge in [-0.15, -0.1) is 0 Å². The van der Waals surface area contributed by atoms with Crippen molar-refractivity contribution in [3.63, 3.8) is 0 Å². The van der Waals surface area contributed by atoms with Crippen LogP contribution in [0, 0.1) is 0 Å². The van der Waals surface area contributed by atoms with Gasteiger partial charge >= 0.3 is 6.18 Å². The maximum absolute atomic E-state index is 12.6. The molecule has 1 saturated carbocycles. The molecule has 6 nitrogen and oxygen atoms in total. The zero-order valence-electron chi connectivity index (χ0n) is 10.7. The fourth-order valence-corrected chi connectivity index (χ4v) is 1.59. The average Bonchev–Trinajstić information content (AvgIpc) is 3.10. The van der Waals surface area contributed by atoms with Gasteiger partial charge in [-0.1, -0.05) is 0 Å². The van der Waals surface area contributed by atoms with E-state index in [0.29, 0.717) is 0 Å². The van der Waals surface area contributed by atoms with E-state index in [2.05, 4.69) is 15.3 Å². The van der Waals surface area contributed by atoms with Crippen molar-refractivity contribution in [1.82, 2.24) is 15.3 Å². The van der Waals surface area contributed by atoms with E-state index in [1.807, 2.05) is 0 Å². The Hall–Kier alpha value is -2.06. The summed E-state index contributed by atoms with van der Waals surface area (Å²) in [5.41, 5.74) is 4.14. The Balaban J connectivity index is 2.10. The number of halogens is 3. The third-order valence-electron chi connectivity index (χ3n) is 2.73. The van der Waals surface area contributed by atoms with Gasteiger partial charge in [0, 0.05) is 19.2 Å². The molecule has 1 aromatic rings. The van der Waals surface area contributed by atoms with Gasteiger partial charge in [0.2, 0.25) is 11.9 Å². The van der Waals surface area contributed by atoms with Crippen molar-refractivity contribution in [2.24, 2.45) is 0 Å². The third kappa shape index (κ3) is 3.72. The minimum Gasteiger partial charge on any atom is -0.368 e. The first kappa shape index (κ1) is 14.4. The highest BCUT2D eigenvalue weighted by atomic mass is 19.4. The SMILES string of the molecule is CN(CC(=O)NC1CC1)c1cc(C(F)(F)F)nc(N)n1. The summed E-state index contributed by atoms with van der Waals surface area (Å²) in [5, 5.41) is 2.74. The Morgan fingerprint density at radius 2 is 2.15 bits per heavy atom. The fourth-order valence-electron chi connectivity index (χ4n) is 1.59. The van der Waals surface area contributed by atoms with Gasteiger partial charge in [-0.3, -0.25) is 4.79 Å². The Labute approximate surface area is 113 Å². The van der Waals surface area contributed by atoms with Crippen molar-refractivity contribution in [3.8, 4) is 0 Å². The molecule has 110 valence electrons. The zero-order valence-corrected chi connectivity index (χ0v) is 10.7. The van der Waals surface area contributed by atoms with Gasteiger partial charge in [-0.25, -0.2) is 4.98 Å².